The summed E-state index contributed by atoms with van der Waals surface area (Å²) in [6.45, 7) is 0. The standard InChI is InChI=1S/C6H10FNO3/c7-5-3-1-2-4-6(5)11-8(9)10/h5-6H,1-4H2/t5-,6+/m1/s1. The van der Waals surface area contributed by atoms with Crippen molar-refractivity contribution in [1.82, 2.24) is 0 Å². The molecule has 2 atom stereocenters. The Hall–Kier alpha value is -0.870. The van der Waals surface area contributed by atoms with Gasteiger partial charge < -0.3 is 4.84 Å². The minimum Gasteiger partial charge on any atom is -0.308 e. The third-order valence-corrected chi connectivity index (χ3v) is 1.84. The molecule has 1 fully saturated rings. The van der Waals surface area contributed by atoms with E-state index in [1.54, 1.807) is 0 Å². The second kappa shape index (κ2) is 3.50. The summed E-state index contributed by atoms with van der Waals surface area (Å²) in [6.07, 6.45) is 0.492. The summed E-state index contributed by atoms with van der Waals surface area (Å²) in [7, 11) is 0. The average molecular weight is 163 g/mol. The molecule has 64 valence electrons. The highest BCUT2D eigenvalue weighted by molar-refractivity contribution is 4.73. The summed E-state index contributed by atoms with van der Waals surface area (Å²) in [6, 6.07) is 0. The zero-order valence-corrected chi connectivity index (χ0v) is 6.03. The van der Waals surface area contributed by atoms with E-state index in [4.69, 9.17) is 0 Å². The average Bonchev–Trinajstić information content (AvgIpc) is 1.93. The summed E-state index contributed by atoms with van der Waals surface area (Å²) in [5.41, 5.74) is 0. The van der Waals surface area contributed by atoms with E-state index in [0.717, 1.165) is 12.8 Å². The number of hydrogen-bond acceptors (Lipinski definition) is 3. The van der Waals surface area contributed by atoms with Crippen molar-refractivity contribution in [3.05, 3.63) is 10.1 Å². The maximum atomic E-state index is 12.8. The van der Waals surface area contributed by atoms with Crippen molar-refractivity contribution >= 4 is 0 Å². The Morgan fingerprint density at radius 2 is 2.09 bits per heavy atom. The molecule has 1 saturated carbocycles. The van der Waals surface area contributed by atoms with Crippen molar-refractivity contribution in [3.8, 4) is 0 Å². The highest BCUT2D eigenvalue weighted by Gasteiger charge is 2.27. The third kappa shape index (κ3) is 2.32. The van der Waals surface area contributed by atoms with Crippen LogP contribution in [0.15, 0.2) is 0 Å². The summed E-state index contributed by atoms with van der Waals surface area (Å²) < 4.78 is 12.8. The van der Waals surface area contributed by atoms with Crippen LogP contribution in [-0.4, -0.2) is 17.4 Å². The molecule has 1 rings (SSSR count). The second-order valence-corrected chi connectivity index (χ2v) is 2.67. The smallest absolute Gasteiger partial charge is 0.294 e. The maximum absolute atomic E-state index is 12.8. The highest BCUT2D eigenvalue weighted by atomic mass is 19.1. The monoisotopic (exact) mass is 163 g/mol. The summed E-state index contributed by atoms with van der Waals surface area (Å²) in [5.74, 6) is 0. The van der Waals surface area contributed by atoms with Crippen LogP contribution in [0.25, 0.3) is 0 Å². The van der Waals surface area contributed by atoms with Gasteiger partial charge in [-0.1, -0.05) is 12.8 Å². The molecule has 0 unspecified atom stereocenters. The van der Waals surface area contributed by atoms with Crippen molar-refractivity contribution in [3.63, 3.8) is 0 Å². The van der Waals surface area contributed by atoms with Gasteiger partial charge in [-0.3, -0.25) is 0 Å². The molecule has 0 spiro atoms. The van der Waals surface area contributed by atoms with E-state index in [9.17, 15) is 14.5 Å². The Bertz CT molecular complexity index is 153. The molecule has 0 bridgehead atoms. The molecule has 11 heavy (non-hydrogen) atoms. The number of nitrogens with zero attached hydrogens (tertiary/aromatic N) is 1. The Labute approximate surface area is 63.4 Å². The molecule has 0 saturated heterocycles. The maximum Gasteiger partial charge on any atom is 0.294 e. The normalized spacial score (nSPS) is 31.4. The van der Waals surface area contributed by atoms with Crippen molar-refractivity contribution in [2.24, 2.45) is 0 Å². The highest BCUT2D eigenvalue weighted by Crippen LogP contribution is 2.23. The van der Waals surface area contributed by atoms with Crippen LogP contribution in [0.4, 0.5) is 4.39 Å². The van der Waals surface area contributed by atoms with Crippen LogP contribution in [0, 0.1) is 10.1 Å². The number of rotatable bonds is 2. The van der Waals surface area contributed by atoms with E-state index in [0.29, 0.717) is 12.8 Å². The van der Waals surface area contributed by atoms with Gasteiger partial charge in [-0.2, -0.15) is 0 Å². The van der Waals surface area contributed by atoms with Crippen molar-refractivity contribution in [2.75, 3.05) is 0 Å². The topological polar surface area (TPSA) is 52.4 Å². The Balaban J connectivity index is 2.35. The van der Waals surface area contributed by atoms with Crippen LogP contribution in [0.2, 0.25) is 0 Å². The van der Waals surface area contributed by atoms with Gasteiger partial charge in [0, 0.05) is 0 Å². The van der Waals surface area contributed by atoms with Gasteiger partial charge in [0.25, 0.3) is 5.09 Å². The molecule has 0 aromatic heterocycles. The van der Waals surface area contributed by atoms with Crippen LogP contribution < -0.4 is 0 Å². The lowest BCUT2D eigenvalue weighted by molar-refractivity contribution is -0.770. The number of halogens is 1. The van der Waals surface area contributed by atoms with Gasteiger partial charge in [-0.05, 0) is 12.8 Å². The van der Waals surface area contributed by atoms with Gasteiger partial charge in [0.05, 0.1) is 0 Å². The van der Waals surface area contributed by atoms with E-state index in [-0.39, 0.29) is 0 Å². The van der Waals surface area contributed by atoms with Crippen LogP contribution >= 0.6 is 0 Å². The summed E-state index contributed by atoms with van der Waals surface area (Å²) in [4.78, 5) is 14.0. The zero-order valence-electron chi connectivity index (χ0n) is 6.03. The first-order valence-electron chi connectivity index (χ1n) is 3.65. The van der Waals surface area contributed by atoms with Gasteiger partial charge >= 0.3 is 0 Å². The van der Waals surface area contributed by atoms with Crippen LogP contribution in [0.1, 0.15) is 25.7 Å². The first-order valence-corrected chi connectivity index (χ1v) is 3.65. The number of alkyl halides is 1. The summed E-state index contributed by atoms with van der Waals surface area (Å²) in [5, 5.41) is 8.92. The first kappa shape index (κ1) is 8.23. The van der Waals surface area contributed by atoms with Crippen LogP contribution in [-0.2, 0) is 4.84 Å². The minimum atomic E-state index is -1.16. The lowest BCUT2D eigenvalue weighted by Gasteiger charge is -2.23. The molecule has 0 aromatic rings. The molecule has 0 N–H and O–H groups in total. The fourth-order valence-corrected chi connectivity index (χ4v) is 1.28. The van der Waals surface area contributed by atoms with Gasteiger partial charge in [0.2, 0.25) is 0 Å². The fraction of sp³-hybridized carbons (Fsp3) is 1.00. The molecule has 5 heteroatoms. The molecule has 0 radical (unpaired) electrons. The molecule has 0 amide bonds. The van der Waals surface area contributed by atoms with E-state index in [1.165, 1.54) is 0 Å². The predicted octanol–water partition coefficient (Wildman–Crippen LogP) is 1.48. The van der Waals surface area contributed by atoms with E-state index in [1.807, 2.05) is 0 Å². The van der Waals surface area contributed by atoms with Gasteiger partial charge in [0.1, 0.15) is 12.3 Å². The van der Waals surface area contributed by atoms with Gasteiger partial charge in [-0.15, -0.1) is 10.1 Å². The molecule has 0 aromatic carbocycles. The van der Waals surface area contributed by atoms with Gasteiger partial charge in [0.15, 0.2) is 0 Å². The first-order chi connectivity index (χ1) is 5.20. The molecule has 0 aliphatic heterocycles. The minimum absolute atomic E-state index is 0.387. The van der Waals surface area contributed by atoms with Crippen molar-refractivity contribution in [1.29, 1.82) is 0 Å². The molecule has 1 aliphatic carbocycles. The fourth-order valence-electron chi connectivity index (χ4n) is 1.28. The van der Waals surface area contributed by atoms with E-state index < -0.39 is 17.4 Å². The second-order valence-electron chi connectivity index (χ2n) is 2.67. The predicted molar refractivity (Wildman–Crippen MR) is 35.2 cm³/mol. The lowest BCUT2D eigenvalue weighted by Crippen LogP contribution is -2.30. The Kier molecular flexibility index (Phi) is 2.62. The van der Waals surface area contributed by atoms with E-state index >= 15 is 0 Å². The third-order valence-electron chi connectivity index (χ3n) is 1.84. The number of hydrogen-bond donors (Lipinski definition) is 0. The molecule has 1 aliphatic rings. The van der Waals surface area contributed by atoms with E-state index in [2.05, 4.69) is 4.84 Å². The Morgan fingerprint density at radius 3 is 2.64 bits per heavy atom. The van der Waals surface area contributed by atoms with Crippen molar-refractivity contribution in [2.45, 2.75) is 38.0 Å². The molecule has 4 nitrogen and oxygen atoms in total. The van der Waals surface area contributed by atoms with Crippen molar-refractivity contribution < 1.29 is 14.3 Å². The lowest BCUT2D eigenvalue weighted by atomic mass is 9.96. The van der Waals surface area contributed by atoms with Gasteiger partial charge in [-0.25, -0.2) is 4.39 Å². The zero-order chi connectivity index (χ0) is 8.27. The van der Waals surface area contributed by atoms with Crippen LogP contribution in [0.3, 0.4) is 0 Å². The quantitative estimate of drug-likeness (QED) is 0.457. The van der Waals surface area contributed by atoms with Crippen LogP contribution in [0.5, 0.6) is 0 Å². The SMILES string of the molecule is O=[N+]([O-])O[C@H]1CCCC[C@H]1F. The summed E-state index contributed by atoms with van der Waals surface area (Å²) >= 11 is 0. The molecular weight excluding hydrogens is 153 g/mol. The molecular formula is C6H10FNO3. The molecule has 0 heterocycles. The Morgan fingerprint density at radius 1 is 1.45 bits per heavy atom. The largest absolute Gasteiger partial charge is 0.308 e.